The zero-order chi connectivity index (χ0) is 13.7. The number of nitrogens with two attached hydrogens (primary N) is 1. The number of hydrogen-bond acceptors (Lipinski definition) is 4. The lowest BCUT2D eigenvalue weighted by Gasteiger charge is -2.08. The molecule has 1 aromatic carbocycles. The van der Waals surface area contributed by atoms with E-state index in [1.54, 1.807) is 18.3 Å². The second kappa shape index (κ2) is 8.04. The second-order valence-corrected chi connectivity index (χ2v) is 5.36. The summed E-state index contributed by atoms with van der Waals surface area (Å²) in [6, 6.07) is 13.7. The first-order chi connectivity index (χ1) is 9.20. The summed E-state index contributed by atoms with van der Waals surface area (Å²) >= 11 is 1.66. The highest BCUT2D eigenvalue weighted by Gasteiger charge is 2.16. The van der Waals surface area contributed by atoms with Crippen LogP contribution in [0.5, 0.6) is 0 Å². The number of carbonyl (C=O) groups is 1. The van der Waals surface area contributed by atoms with E-state index < -0.39 is 6.04 Å². The van der Waals surface area contributed by atoms with Gasteiger partial charge in [-0.15, -0.1) is 23.7 Å². The van der Waals surface area contributed by atoms with Gasteiger partial charge in [-0.3, -0.25) is 4.79 Å². The topological polar surface area (TPSA) is 52.3 Å². The molecule has 5 heteroatoms. The second-order valence-electron chi connectivity index (χ2n) is 4.19. The van der Waals surface area contributed by atoms with Crippen molar-refractivity contribution in [2.45, 2.75) is 19.4 Å². The van der Waals surface area contributed by atoms with E-state index in [2.05, 4.69) is 18.2 Å². The van der Waals surface area contributed by atoms with Crippen molar-refractivity contribution in [3.05, 3.63) is 47.3 Å². The Balaban J connectivity index is 0.00000200. The molecule has 108 valence electrons. The average molecular weight is 312 g/mol. The van der Waals surface area contributed by atoms with E-state index in [9.17, 15) is 4.79 Å². The minimum absolute atomic E-state index is 0. The standard InChI is InChI=1S/C15H17NO2S.ClH/c1-2-18-15(17)13(16)10-12-8-9-14(19-12)11-6-4-3-5-7-11;/h3-9,13H,2,10,16H2,1H3;1H. The molecule has 3 nitrogen and oxygen atoms in total. The first-order valence-corrected chi connectivity index (χ1v) is 7.08. The van der Waals surface area contributed by atoms with Crippen LogP contribution in [0.2, 0.25) is 0 Å². The van der Waals surface area contributed by atoms with Crippen LogP contribution in [0.3, 0.4) is 0 Å². The van der Waals surface area contributed by atoms with Crippen LogP contribution in [0, 0.1) is 0 Å². The minimum Gasteiger partial charge on any atom is -0.465 e. The fraction of sp³-hybridized carbons (Fsp3) is 0.267. The molecule has 0 aliphatic rings. The molecule has 2 rings (SSSR count). The van der Waals surface area contributed by atoms with Gasteiger partial charge in [-0.1, -0.05) is 30.3 Å². The molecule has 1 unspecified atom stereocenters. The fourth-order valence-corrected chi connectivity index (χ4v) is 2.87. The van der Waals surface area contributed by atoms with Gasteiger partial charge in [0.25, 0.3) is 0 Å². The Hall–Kier alpha value is -1.36. The normalized spacial score (nSPS) is 11.5. The van der Waals surface area contributed by atoms with Crippen LogP contribution in [-0.4, -0.2) is 18.6 Å². The van der Waals surface area contributed by atoms with Crippen molar-refractivity contribution in [1.29, 1.82) is 0 Å². The summed E-state index contributed by atoms with van der Waals surface area (Å²) in [6.45, 7) is 2.15. The molecule has 0 bridgehead atoms. The van der Waals surface area contributed by atoms with Gasteiger partial charge in [0.2, 0.25) is 0 Å². The number of benzene rings is 1. The van der Waals surface area contributed by atoms with E-state index >= 15 is 0 Å². The van der Waals surface area contributed by atoms with E-state index in [1.165, 1.54) is 10.4 Å². The molecular weight excluding hydrogens is 294 g/mol. The maximum absolute atomic E-state index is 11.5. The maximum atomic E-state index is 11.5. The summed E-state index contributed by atoms with van der Waals surface area (Å²) in [5, 5.41) is 0. The molecule has 0 radical (unpaired) electrons. The zero-order valence-corrected chi connectivity index (χ0v) is 12.9. The molecular formula is C15H18ClNO2S. The molecule has 1 atom stereocenters. The summed E-state index contributed by atoms with van der Waals surface area (Å²) in [6.07, 6.45) is 0.524. The Morgan fingerprint density at radius 1 is 1.25 bits per heavy atom. The predicted molar refractivity (Wildman–Crippen MR) is 85.3 cm³/mol. The fourth-order valence-electron chi connectivity index (χ4n) is 1.79. The summed E-state index contributed by atoms with van der Waals surface area (Å²) in [4.78, 5) is 13.8. The number of ether oxygens (including phenoxy) is 1. The smallest absolute Gasteiger partial charge is 0.323 e. The van der Waals surface area contributed by atoms with Crippen molar-refractivity contribution in [2.75, 3.05) is 6.61 Å². The molecule has 1 aromatic heterocycles. The van der Waals surface area contributed by atoms with Gasteiger partial charge in [-0.05, 0) is 24.6 Å². The third-order valence-electron chi connectivity index (χ3n) is 2.73. The van der Waals surface area contributed by atoms with E-state index in [0.29, 0.717) is 13.0 Å². The number of thiophene rings is 1. The van der Waals surface area contributed by atoms with Crippen molar-refractivity contribution < 1.29 is 9.53 Å². The molecule has 0 saturated carbocycles. The zero-order valence-electron chi connectivity index (χ0n) is 11.2. The minimum atomic E-state index is -0.581. The molecule has 0 saturated heterocycles. The maximum Gasteiger partial charge on any atom is 0.323 e. The Kier molecular flexibility index (Phi) is 6.71. The Bertz CT molecular complexity index is 542. The molecule has 1 heterocycles. The van der Waals surface area contributed by atoms with Crippen LogP contribution in [0.15, 0.2) is 42.5 Å². The van der Waals surface area contributed by atoms with Crippen LogP contribution >= 0.6 is 23.7 Å². The molecule has 0 aliphatic carbocycles. The number of carbonyl (C=O) groups excluding carboxylic acids is 1. The summed E-state index contributed by atoms with van der Waals surface area (Å²) < 4.78 is 4.91. The van der Waals surface area contributed by atoms with E-state index in [4.69, 9.17) is 10.5 Å². The highest BCUT2D eigenvalue weighted by Crippen LogP contribution is 2.28. The van der Waals surface area contributed by atoms with Gasteiger partial charge >= 0.3 is 5.97 Å². The van der Waals surface area contributed by atoms with E-state index in [1.807, 2.05) is 24.3 Å². The van der Waals surface area contributed by atoms with Crippen LogP contribution in [0.1, 0.15) is 11.8 Å². The molecule has 2 N–H and O–H groups in total. The van der Waals surface area contributed by atoms with Crippen LogP contribution in [-0.2, 0) is 16.0 Å². The number of halogens is 1. The summed E-state index contributed by atoms with van der Waals surface area (Å²) in [5.41, 5.74) is 7.00. The van der Waals surface area contributed by atoms with Crippen LogP contribution in [0.25, 0.3) is 10.4 Å². The third-order valence-corrected chi connectivity index (χ3v) is 3.89. The Labute approximate surface area is 129 Å². The van der Waals surface area contributed by atoms with Crippen molar-refractivity contribution in [3.63, 3.8) is 0 Å². The number of rotatable bonds is 5. The average Bonchev–Trinajstić information content (AvgIpc) is 2.88. The Morgan fingerprint density at radius 2 is 1.95 bits per heavy atom. The van der Waals surface area contributed by atoms with Gasteiger partial charge in [0, 0.05) is 16.2 Å². The number of esters is 1. The lowest BCUT2D eigenvalue weighted by Crippen LogP contribution is -2.34. The largest absolute Gasteiger partial charge is 0.465 e. The SMILES string of the molecule is CCOC(=O)C(N)Cc1ccc(-c2ccccc2)s1.Cl. The van der Waals surface area contributed by atoms with Crippen molar-refractivity contribution in [3.8, 4) is 10.4 Å². The van der Waals surface area contributed by atoms with E-state index in [-0.39, 0.29) is 18.4 Å². The Morgan fingerprint density at radius 3 is 2.60 bits per heavy atom. The highest BCUT2D eigenvalue weighted by molar-refractivity contribution is 7.15. The third kappa shape index (κ3) is 4.34. The molecule has 0 fully saturated rings. The quantitative estimate of drug-likeness (QED) is 0.862. The number of hydrogen-bond donors (Lipinski definition) is 1. The lowest BCUT2D eigenvalue weighted by atomic mass is 10.2. The van der Waals surface area contributed by atoms with Gasteiger partial charge in [0.15, 0.2) is 0 Å². The molecule has 20 heavy (non-hydrogen) atoms. The van der Waals surface area contributed by atoms with Gasteiger partial charge in [-0.25, -0.2) is 0 Å². The van der Waals surface area contributed by atoms with Gasteiger partial charge < -0.3 is 10.5 Å². The first-order valence-electron chi connectivity index (χ1n) is 6.27. The van der Waals surface area contributed by atoms with Crippen molar-refractivity contribution in [1.82, 2.24) is 0 Å². The van der Waals surface area contributed by atoms with Crippen molar-refractivity contribution in [2.24, 2.45) is 5.73 Å². The first kappa shape index (κ1) is 16.7. The monoisotopic (exact) mass is 311 g/mol. The lowest BCUT2D eigenvalue weighted by molar-refractivity contribution is -0.144. The molecule has 0 spiro atoms. The van der Waals surface area contributed by atoms with E-state index in [0.717, 1.165) is 4.88 Å². The summed E-state index contributed by atoms with van der Waals surface area (Å²) in [7, 11) is 0. The van der Waals surface area contributed by atoms with Gasteiger partial charge in [-0.2, -0.15) is 0 Å². The highest BCUT2D eigenvalue weighted by atomic mass is 35.5. The predicted octanol–water partition coefficient (Wildman–Crippen LogP) is 3.27. The molecule has 0 amide bonds. The van der Waals surface area contributed by atoms with Gasteiger partial charge in [0.05, 0.1) is 6.61 Å². The molecule has 0 aliphatic heterocycles. The van der Waals surface area contributed by atoms with Crippen LogP contribution < -0.4 is 5.73 Å². The van der Waals surface area contributed by atoms with Crippen LogP contribution in [0.4, 0.5) is 0 Å². The molecule has 2 aromatic rings. The van der Waals surface area contributed by atoms with Gasteiger partial charge in [0.1, 0.15) is 6.04 Å². The van der Waals surface area contributed by atoms with Crippen molar-refractivity contribution >= 4 is 29.7 Å². The summed E-state index contributed by atoms with van der Waals surface area (Å²) in [5.74, 6) is -0.336.